The number of ether oxygens (including phenoxy) is 1. The van der Waals surface area contributed by atoms with Gasteiger partial charge in [0.2, 0.25) is 0 Å². The van der Waals surface area contributed by atoms with Gasteiger partial charge in [-0.25, -0.2) is 0 Å². The number of hydrogen-bond acceptors (Lipinski definition) is 2. The molecule has 0 spiro atoms. The minimum atomic E-state index is 0.452. The van der Waals surface area contributed by atoms with Gasteiger partial charge < -0.3 is 4.74 Å². The van der Waals surface area contributed by atoms with Gasteiger partial charge in [-0.1, -0.05) is 18.2 Å². The van der Waals surface area contributed by atoms with Gasteiger partial charge in [0.05, 0.1) is 13.3 Å². The smallest absolute Gasteiger partial charge is 0.122 e. The van der Waals surface area contributed by atoms with Crippen LogP contribution in [0.5, 0.6) is 5.75 Å². The van der Waals surface area contributed by atoms with Crippen molar-refractivity contribution in [2.24, 2.45) is 13.0 Å². The van der Waals surface area contributed by atoms with Crippen LogP contribution in [0.15, 0.2) is 36.7 Å². The third-order valence-electron chi connectivity index (χ3n) is 3.52. The molecule has 3 nitrogen and oxygen atoms in total. The van der Waals surface area contributed by atoms with E-state index in [9.17, 15) is 0 Å². The van der Waals surface area contributed by atoms with Crippen molar-refractivity contribution in [1.29, 1.82) is 0 Å². The first-order valence-corrected chi connectivity index (χ1v) is 7.41. The molecule has 1 heterocycles. The second kappa shape index (κ2) is 7.34. The molecule has 1 aromatic heterocycles. The molecule has 0 aliphatic heterocycles. The maximum absolute atomic E-state index is 6.12. The summed E-state index contributed by atoms with van der Waals surface area (Å²) in [5.41, 5.74) is 2.49. The molecule has 1 aromatic carbocycles. The molecule has 0 saturated heterocycles. The van der Waals surface area contributed by atoms with Crippen LogP contribution in [0.25, 0.3) is 0 Å². The minimum Gasteiger partial charge on any atom is -0.496 e. The van der Waals surface area contributed by atoms with E-state index >= 15 is 0 Å². The maximum atomic E-state index is 6.12. The number of halogens is 1. The lowest BCUT2D eigenvalue weighted by Crippen LogP contribution is -2.09. The molecule has 20 heavy (non-hydrogen) atoms. The largest absolute Gasteiger partial charge is 0.496 e. The Morgan fingerprint density at radius 2 is 2.15 bits per heavy atom. The van der Waals surface area contributed by atoms with E-state index < -0.39 is 0 Å². The Hall–Kier alpha value is -1.48. The molecule has 0 aliphatic carbocycles. The lowest BCUT2D eigenvalue weighted by Gasteiger charge is -2.15. The van der Waals surface area contributed by atoms with Crippen molar-refractivity contribution in [1.82, 2.24) is 9.78 Å². The number of aromatic nitrogens is 2. The molecule has 1 unspecified atom stereocenters. The number of para-hydroxylation sites is 1. The maximum Gasteiger partial charge on any atom is 0.122 e. The molecule has 2 rings (SSSR count). The Bertz CT molecular complexity index is 539. The van der Waals surface area contributed by atoms with Gasteiger partial charge in [0, 0.05) is 19.1 Å². The summed E-state index contributed by atoms with van der Waals surface area (Å²) in [6.07, 6.45) is 7.02. The number of hydrogen-bond donors (Lipinski definition) is 0. The topological polar surface area (TPSA) is 27.1 Å². The molecule has 0 bridgehead atoms. The molecule has 4 heteroatoms. The summed E-state index contributed by atoms with van der Waals surface area (Å²) in [5.74, 6) is 2.07. The van der Waals surface area contributed by atoms with E-state index in [1.807, 2.05) is 36.1 Å². The average molecular weight is 293 g/mol. The summed E-state index contributed by atoms with van der Waals surface area (Å²) < 4.78 is 7.24. The molecule has 0 saturated carbocycles. The van der Waals surface area contributed by atoms with Gasteiger partial charge in [0.1, 0.15) is 5.75 Å². The zero-order valence-electron chi connectivity index (χ0n) is 12.1. The summed E-state index contributed by atoms with van der Waals surface area (Å²) in [7, 11) is 3.65. The standard InChI is InChI=1S/C16H21ClN2O/c1-19-12-14(11-18-19)8-7-13(10-17)9-15-5-3-4-6-16(15)20-2/h3-6,11-13H,7-10H2,1-2H3. The number of methoxy groups -OCH3 is 1. The molecule has 0 fully saturated rings. The number of alkyl halides is 1. The number of aryl methyl sites for hydroxylation is 2. The van der Waals surface area contributed by atoms with E-state index in [4.69, 9.17) is 16.3 Å². The zero-order chi connectivity index (χ0) is 14.4. The summed E-state index contributed by atoms with van der Waals surface area (Å²) in [4.78, 5) is 0. The average Bonchev–Trinajstić information content (AvgIpc) is 2.89. The van der Waals surface area contributed by atoms with E-state index in [0.717, 1.165) is 25.0 Å². The lowest BCUT2D eigenvalue weighted by molar-refractivity contribution is 0.404. The summed E-state index contributed by atoms with van der Waals surface area (Å²) in [5, 5.41) is 4.20. The third-order valence-corrected chi connectivity index (χ3v) is 3.96. The van der Waals surface area contributed by atoms with Crippen molar-refractivity contribution < 1.29 is 4.74 Å². The van der Waals surface area contributed by atoms with Gasteiger partial charge in [0.15, 0.2) is 0 Å². The van der Waals surface area contributed by atoms with Gasteiger partial charge in [-0.3, -0.25) is 4.68 Å². The second-order valence-electron chi connectivity index (χ2n) is 5.10. The summed E-state index contributed by atoms with van der Waals surface area (Å²) >= 11 is 6.12. The van der Waals surface area contributed by atoms with Crippen molar-refractivity contribution >= 4 is 11.6 Å². The van der Waals surface area contributed by atoms with Gasteiger partial charge in [-0.05, 0) is 42.4 Å². The first-order valence-electron chi connectivity index (χ1n) is 6.88. The highest BCUT2D eigenvalue weighted by atomic mass is 35.5. The second-order valence-corrected chi connectivity index (χ2v) is 5.41. The van der Waals surface area contributed by atoms with Crippen LogP contribution in [0.4, 0.5) is 0 Å². The van der Waals surface area contributed by atoms with Crippen LogP contribution in [0.2, 0.25) is 0 Å². The van der Waals surface area contributed by atoms with E-state index in [0.29, 0.717) is 11.8 Å². The third kappa shape index (κ3) is 4.01. The lowest BCUT2D eigenvalue weighted by atomic mass is 9.94. The SMILES string of the molecule is COc1ccccc1CC(CCl)CCc1cnn(C)c1. The fraction of sp³-hybridized carbons (Fsp3) is 0.438. The number of rotatable bonds is 7. The Balaban J connectivity index is 1.94. The molecule has 0 N–H and O–H groups in total. The van der Waals surface area contributed by atoms with E-state index in [1.54, 1.807) is 7.11 Å². The Kier molecular flexibility index (Phi) is 5.48. The number of nitrogens with zero attached hydrogens (tertiary/aromatic N) is 2. The number of benzene rings is 1. The van der Waals surface area contributed by atoms with E-state index in [-0.39, 0.29) is 0 Å². The van der Waals surface area contributed by atoms with E-state index in [1.165, 1.54) is 11.1 Å². The monoisotopic (exact) mass is 292 g/mol. The molecule has 2 aromatic rings. The molecular weight excluding hydrogens is 272 g/mol. The van der Waals surface area contributed by atoms with Crippen LogP contribution in [0.1, 0.15) is 17.5 Å². The van der Waals surface area contributed by atoms with Crippen molar-refractivity contribution in [3.63, 3.8) is 0 Å². The van der Waals surface area contributed by atoms with Crippen molar-refractivity contribution in [2.45, 2.75) is 19.3 Å². The summed E-state index contributed by atoms with van der Waals surface area (Å²) in [6.45, 7) is 0. The Labute approximate surface area is 125 Å². The van der Waals surface area contributed by atoms with Crippen LogP contribution in [0, 0.1) is 5.92 Å². The fourth-order valence-electron chi connectivity index (χ4n) is 2.39. The molecular formula is C16H21ClN2O. The highest BCUT2D eigenvalue weighted by Crippen LogP contribution is 2.24. The van der Waals surface area contributed by atoms with Crippen molar-refractivity contribution in [3.05, 3.63) is 47.8 Å². The molecule has 1 atom stereocenters. The quantitative estimate of drug-likeness (QED) is 0.731. The van der Waals surface area contributed by atoms with Crippen LogP contribution in [-0.2, 0) is 19.9 Å². The van der Waals surface area contributed by atoms with Gasteiger partial charge in [-0.2, -0.15) is 5.10 Å². The predicted octanol–water partition coefficient (Wildman–Crippen LogP) is 3.46. The van der Waals surface area contributed by atoms with E-state index in [2.05, 4.69) is 17.4 Å². The van der Waals surface area contributed by atoms with Crippen molar-refractivity contribution in [2.75, 3.05) is 13.0 Å². The normalized spacial score (nSPS) is 12.3. The minimum absolute atomic E-state index is 0.452. The predicted molar refractivity (Wildman–Crippen MR) is 82.4 cm³/mol. The molecule has 0 radical (unpaired) electrons. The van der Waals surface area contributed by atoms with Crippen LogP contribution >= 0.6 is 11.6 Å². The summed E-state index contributed by atoms with van der Waals surface area (Å²) in [6, 6.07) is 8.15. The molecule has 108 valence electrons. The Morgan fingerprint density at radius 1 is 1.35 bits per heavy atom. The first-order chi connectivity index (χ1) is 9.72. The first kappa shape index (κ1) is 14.9. The zero-order valence-corrected chi connectivity index (χ0v) is 12.8. The molecule has 0 aliphatic rings. The van der Waals surface area contributed by atoms with Crippen LogP contribution < -0.4 is 4.74 Å². The van der Waals surface area contributed by atoms with Gasteiger partial charge in [-0.15, -0.1) is 11.6 Å². The fourth-order valence-corrected chi connectivity index (χ4v) is 2.65. The molecule has 0 amide bonds. The van der Waals surface area contributed by atoms with Crippen molar-refractivity contribution in [3.8, 4) is 5.75 Å². The highest BCUT2D eigenvalue weighted by Gasteiger charge is 2.12. The van der Waals surface area contributed by atoms with Gasteiger partial charge in [0.25, 0.3) is 0 Å². The Morgan fingerprint density at radius 3 is 2.80 bits per heavy atom. The highest BCUT2D eigenvalue weighted by molar-refractivity contribution is 6.18. The van der Waals surface area contributed by atoms with Crippen LogP contribution in [-0.4, -0.2) is 22.8 Å². The van der Waals surface area contributed by atoms with Gasteiger partial charge >= 0.3 is 0 Å². The van der Waals surface area contributed by atoms with Crippen LogP contribution in [0.3, 0.4) is 0 Å².